The fraction of sp³-hybridized carbons (Fsp3) is 0.190. The Kier molecular flexibility index (Phi) is 7.04. The molecule has 2 heterocycles. The van der Waals surface area contributed by atoms with Crippen LogP contribution < -0.4 is 0 Å². The van der Waals surface area contributed by atoms with E-state index in [1.54, 1.807) is 68.7 Å². The summed E-state index contributed by atoms with van der Waals surface area (Å²) in [5, 5.41) is 8.49. The number of hydrogen-bond donors (Lipinski definition) is 0. The number of aliphatic imine (C=N–C) groups is 1. The summed E-state index contributed by atoms with van der Waals surface area (Å²) in [6, 6.07) is 6.07. The van der Waals surface area contributed by atoms with Crippen molar-refractivity contribution in [2.45, 2.75) is 6.04 Å². The van der Waals surface area contributed by atoms with E-state index in [1.807, 2.05) is 0 Å². The van der Waals surface area contributed by atoms with Gasteiger partial charge in [-0.2, -0.15) is 5.10 Å². The summed E-state index contributed by atoms with van der Waals surface area (Å²) < 4.78 is 5.39. The minimum atomic E-state index is -0.639. The Bertz CT molecular complexity index is 1080. The van der Waals surface area contributed by atoms with E-state index in [-0.39, 0.29) is 5.69 Å². The molecule has 0 saturated heterocycles. The molecule has 1 aromatic heterocycles. The highest BCUT2D eigenvalue weighted by molar-refractivity contribution is 6.39. The topological polar surface area (TPSA) is 88.0 Å². The molecular weight excluding hydrogens is 441 g/mol. The summed E-state index contributed by atoms with van der Waals surface area (Å²) in [6.45, 7) is 0. The van der Waals surface area contributed by atoms with Gasteiger partial charge in [-0.1, -0.05) is 29.3 Å². The molecular formula is C21H19Cl2N5O3. The van der Waals surface area contributed by atoms with Gasteiger partial charge in [-0.05, 0) is 36.6 Å². The van der Waals surface area contributed by atoms with Gasteiger partial charge in [-0.15, -0.1) is 5.10 Å². The molecule has 1 aromatic carbocycles. The lowest BCUT2D eigenvalue weighted by Gasteiger charge is -2.28. The first-order chi connectivity index (χ1) is 14.8. The van der Waals surface area contributed by atoms with Gasteiger partial charge in [0.2, 0.25) is 0 Å². The minimum absolute atomic E-state index is 0.00132. The molecule has 0 spiro atoms. The van der Waals surface area contributed by atoms with Crippen molar-refractivity contribution in [1.29, 1.82) is 0 Å². The second-order valence-corrected chi connectivity index (χ2v) is 7.57. The normalized spacial score (nSPS) is 15.7. The number of halogens is 2. The van der Waals surface area contributed by atoms with E-state index >= 15 is 0 Å². The lowest BCUT2D eigenvalue weighted by atomic mass is 10.0. The van der Waals surface area contributed by atoms with Gasteiger partial charge in [-0.3, -0.25) is 4.79 Å². The van der Waals surface area contributed by atoms with E-state index in [0.29, 0.717) is 26.9 Å². The van der Waals surface area contributed by atoms with E-state index in [4.69, 9.17) is 27.9 Å². The highest BCUT2D eigenvalue weighted by Gasteiger charge is 2.24. The Hall–Kier alpha value is -3.23. The highest BCUT2D eigenvalue weighted by atomic mass is 35.5. The molecule has 8 nitrogen and oxygen atoms in total. The molecule has 1 unspecified atom stereocenters. The molecule has 31 heavy (non-hydrogen) atoms. The van der Waals surface area contributed by atoms with Crippen LogP contribution in [0, 0.1) is 0 Å². The van der Waals surface area contributed by atoms with Crippen molar-refractivity contribution >= 4 is 41.4 Å². The zero-order valence-electron chi connectivity index (χ0n) is 17.0. The van der Waals surface area contributed by atoms with Crippen molar-refractivity contribution in [3.8, 4) is 11.1 Å². The number of hydrogen-bond acceptors (Lipinski definition) is 6. The summed E-state index contributed by atoms with van der Waals surface area (Å²) in [6.07, 6.45) is 7.42. The smallest absolute Gasteiger partial charge is 0.412 e. The third-order valence-corrected chi connectivity index (χ3v) is 5.00. The number of nitrogens with zero attached hydrogens (tertiary/aromatic N) is 5. The van der Waals surface area contributed by atoms with Crippen LogP contribution in [0.15, 0.2) is 59.6 Å². The Labute approximate surface area is 189 Å². The molecule has 0 saturated carbocycles. The van der Waals surface area contributed by atoms with Gasteiger partial charge in [-0.25, -0.2) is 9.79 Å². The predicted octanol–water partition coefficient (Wildman–Crippen LogP) is 4.07. The third-order valence-electron chi connectivity index (χ3n) is 4.37. The van der Waals surface area contributed by atoms with Gasteiger partial charge < -0.3 is 14.5 Å². The maximum Gasteiger partial charge on any atom is 0.414 e. The van der Waals surface area contributed by atoms with E-state index < -0.39 is 18.0 Å². The molecule has 0 fully saturated rings. The maximum absolute atomic E-state index is 12.9. The molecule has 0 aliphatic carbocycles. The van der Waals surface area contributed by atoms with Gasteiger partial charge in [0.25, 0.3) is 5.91 Å². The fourth-order valence-corrected chi connectivity index (χ4v) is 3.38. The quantitative estimate of drug-likeness (QED) is 0.640. The summed E-state index contributed by atoms with van der Waals surface area (Å²) >= 11 is 12.6. The summed E-state index contributed by atoms with van der Waals surface area (Å²) in [7, 11) is 4.92. The number of amides is 2. The zero-order valence-corrected chi connectivity index (χ0v) is 18.5. The van der Waals surface area contributed by atoms with Crippen molar-refractivity contribution in [2.75, 3.05) is 21.1 Å². The number of allylic oxidation sites excluding steroid dienone is 2. The molecule has 1 aliphatic heterocycles. The van der Waals surface area contributed by atoms with E-state index in [9.17, 15) is 9.59 Å². The molecule has 10 heteroatoms. The third kappa shape index (κ3) is 5.10. The molecule has 1 atom stereocenters. The largest absolute Gasteiger partial charge is 0.414 e. The number of ether oxygens (including phenoxy) is 1. The van der Waals surface area contributed by atoms with Crippen molar-refractivity contribution < 1.29 is 14.3 Å². The van der Waals surface area contributed by atoms with Crippen LogP contribution in [0.25, 0.3) is 11.1 Å². The Morgan fingerprint density at radius 3 is 2.61 bits per heavy atom. The first-order valence-electron chi connectivity index (χ1n) is 9.13. The van der Waals surface area contributed by atoms with Gasteiger partial charge in [0.1, 0.15) is 11.8 Å². The van der Waals surface area contributed by atoms with Gasteiger partial charge >= 0.3 is 6.09 Å². The first kappa shape index (κ1) is 22.5. The second-order valence-electron chi connectivity index (χ2n) is 6.76. The molecule has 0 radical (unpaired) electrons. The highest BCUT2D eigenvalue weighted by Crippen LogP contribution is 2.35. The van der Waals surface area contributed by atoms with Gasteiger partial charge in [0, 0.05) is 48.5 Å². The summed E-state index contributed by atoms with van der Waals surface area (Å²) in [5.74, 6) is -0.311. The molecule has 0 bridgehead atoms. The summed E-state index contributed by atoms with van der Waals surface area (Å²) in [5.41, 5.74) is 0.885. The van der Waals surface area contributed by atoms with E-state index in [0.717, 1.165) is 0 Å². The van der Waals surface area contributed by atoms with Crippen LogP contribution in [0.4, 0.5) is 4.79 Å². The van der Waals surface area contributed by atoms with Gasteiger partial charge in [0.15, 0.2) is 5.69 Å². The zero-order chi connectivity index (χ0) is 22.5. The second kappa shape index (κ2) is 9.72. The molecule has 3 rings (SSSR count). The number of rotatable bonds is 4. The Morgan fingerprint density at radius 2 is 1.94 bits per heavy atom. The molecule has 160 valence electrons. The monoisotopic (exact) mass is 459 g/mol. The first-order valence-corrected chi connectivity index (χ1v) is 9.89. The number of benzene rings is 1. The van der Waals surface area contributed by atoms with Crippen LogP contribution in [-0.2, 0) is 4.74 Å². The average Bonchev–Trinajstić information content (AvgIpc) is 2.73. The minimum Gasteiger partial charge on any atom is -0.412 e. The predicted molar refractivity (Wildman–Crippen MR) is 119 cm³/mol. The van der Waals surface area contributed by atoms with E-state index in [2.05, 4.69) is 15.2 Å². The SMILES string of the molecule is CN(C)C(=O)OC1=CC=CN(C)C1C=NC(=O)c1nnccc1-c1c(Cl)cccc1Cl. The van der Waals surface area contributed by atoms with Gasteiger partial charge in [0.05, 0.1) is 6.20 Å². The Balaban J connectivity index is 1.90. The van der Waals surface area contributed by atoms with Crippen molar-refractivity contribution in [1.82, 2.24) is 20.0 Å². The van der Waals surface area contributed by atoms with Crippen LogP contribution in [0.1, 0.15) is 10.5 Å². The number of likely N-dealkylation sites (N-methyl/N-ethyl adjacent to an activating group) is 1. The van der Waals surface area contributed by atoms with Crippen LogP contribution >= 0.6 is 23.2 Å². The Morgan fingerprint density at radius 1 is 1.23 bits per heavy atom. The van der Waals surface area contributed by atoms with Crippen LogP contribution in [-0.4, -0.2) is 65.4 Å². The number of carbonyl (C=O) groups excluding carboxylic acids is 2. The molecule has 1 aliphatic rings. The maximum atomic E-state index is 12.9. The number of carbonyl (C=O) groups is 2. The standard InChI is InChI=1S/C21H19Cl2N5O3/c1-27(2)21(30)31-17-8-5-11-28(3)16(17)12-24-20(29)19-13(9-10-25-26-19)18-14(22)6-4-7-15(18)23/h4-12,16H,1-3H3. The van der Waals surface area contributed by atoms with Crippen molar-refractivity contribution in [2.24, 2.45) is 4.99 Å². The lowest BCUT2D eigenvalue weighted by Crippen LogP contribution is -2.36. The summed E-state index contributed by atoms with van der Waals surface area (Å²) in [4.78, 5) is 31.9. The van der Waals surface area contributed by atoms with Crippen LogP contribution in [0.5, 0.6) is 0 Å². The number of aromatic nitrogens is 2. The van der Waals surface area contributed by atoms with E-state index in [1.165, 1.54) is 17.3 Å². The van der Waals surface area contributed by atoms with Crippen molar-refractivity contribution in [3.63, 3.8) is 0 Å². The average molecular weight is 460 g/mol. The lowest BCUT2D eigenvalue weighted by molar-refractivity contribution is 0.0997. The van der Waals surface area contributed by atoms with Crippen molar-refractivity contribution in [3.05, 3.63) is 70.3 Å². The molecule has 2 amide bonds. The fourth-order valence-electron chi connectivity index (χ4n) is 2.78. The molecule has 0 N–H and O–H groups in total. The van der Waals surface area contributed by atoms with Crippen LogP contribution in [0.2, 0.25) is 10.0 Å². The van der Waals surface area contributed by atoms with Crippen LogP contribution in [0.3, 0.4) is 0 Å². The molecule has 2 aromatic rings.